The Morgan fingerprint density at radius 1 is 0.950 bits per heavy atom. The van der Waals surface area contributed by atoms with Crippen LogP contribution in [0.1, 0.15) is 71.3 Å². The molecule has 0 bridgehead atoms. The molecule has 1 fully saturated rings. The van der Waals surface area contributed by atoms with E-state index in [1.807, 2.05) is 37.3 Å². The van der Waals surface area contributed by atoms with Crippen LogP contribution in [-0.4, -0.2) is 27.0 Å². The lowest BCUT2D eigenvalue weighted by Gasteiger charge is -2.26. The molecule has 0 unspecified atom stereocenters. The van der Waals surface area contributed by atoms with Crippen LogP contribution >= 0.6 is 0 Å². The summed E-state index contributed by atoms with van der Waals surface area (Å²) in [6.07, 6.45) is 5.27. The average molecular weight is 532 g/mol. The lowest BCUT2D eigenvalue weighted by Crippen LogP contribution is -2.37. The molecular weight excluding hydrogens is 494 g/mol. The van der Waals surface area contributed by atoms with Crippen LogP contribution < -0.4 is 5.32 Å². The number of hydrogen-bond donors (Lipinski definition) is 2. The third-order valence-corrected chi connectivity index (χ3v) is 8.57. The summed E-state index contributed by atoms with van der Waals surface area (Å²) in [5.74, 6) is 0.112. The van der Waals surface area contributed by atoms with Crippen LogP contribution in [0.5, 0.6) is 0 Å². The van der Waals surface area contributed by atoms with Gasteiger partial charge in [-0.2, -0.15) is 0 Å². The average Bonchev–Trinajstić information content (AvgIpc) is 3.62. The molecule has 2 N–H and O–H groups in total. The maximum absolute atomic E-state index is 13.7. The second-order valence-corrected chi connectivity index (χ2v) is 11.3. The van der Waals surface area contributed by atoms with Crippen LogP contribution in [0.15, 0.2) is 84.9 Å². The van der Waals surface area contributed by atoms with Crippen molar-refractivity contribution < 1.29 is 9.90 Å². The molecule has 0 spiro atoms. The molecule has 0 aliphatic heterocycles. The lowest BCUT2D eigenvalue weighted by molar-refractivity contribution is -0.124. The number of aliphatic hydroxyl groups excluding tert-OH is 1. The summed E-state index contributed by atoms with van der Waals surface area (Å²) in [6, 6.07) is 28.8. The number of aliphatic hydroxyl groups is 1. The number of rotatable bonds is 8. The molecule has 2 atom stereocenters. The van der Waals surface area contributed by atoms with E-state index in [0.717, 1.165) is 41.7 Å². The number of aromatic nitrogens is 2. The molecule has 2 aromatic heterocycles. The number of nitrogens with zero attached hydrogens (tertiary/aromatic N) is 2. The number of amides is 1. The summed E-state index contributed by atoms with van der Waals surface area (Å²) < 4.78 is 2.23. The third kappa shape index (κ3) is 5.14. The molecule has 5 nitrogen and oxygen atoms in total. The molecule has 3 aromatic carbocycles. The van der Waals surface area contributed by atoms with E-state index >= 15 is 0 Å². The monoisotopic (exact) mass is 531 g/mol. The van der Waals surface area contributed by atoms with Crippen molar-refractivity contribution in [2.45, 2.75) is 57.9 Å². The van der Waals surface area contributed by atoms with E-state index in [9.17, 15) is 9.90 Å². The minimum absolute atomic E-state index is 0.00554. The zero-order valence-corrected chi connectivity index (χ0v) is 23.3. The summed E-state index contributed by atoms with van der Waals surface area (Å²) in [6.45, 7) is 4.05. The van der Waals surface area contributed by atoms with Gasteiger partial charge in [0.1, 0.15) is 5.65 Å². The van der Waals surface area contributed by atoms with Crippen LogP contribution in [0.4, 0.5) is 0 Å². The van der Waals surface area contributed by atoms with Gasteiger partial charge < -0.3 is 10.4 Å². The first-order chi connectivity index (χ1) is 19.5. The van der Waals surface area contributed by atoms with Crippen molar-refractivity contribution in [1.29, 1.82) is 0 Å². The van der Waals surface area contributed by atoms with Crippen molar-refractivity contribution in [2.24, 2.45) is 5.92 Å². The molecule has 2 heterocycles. The second-order valence-electron chi connectivity index (χ2n) is 11.3. The molecule has 5 aromatic rings. The highest BCUT2D eigenvalue weighted by molar-refractivity contribution is 5.89. The van der Waals surface area contributed by atoms with Crippen molar-refractivity contribution in [1.82, 2.24) is 14.7 Å². The predicted octanol–water partition coefficient (Wildman–Crippen LogP) is 6.82. The number of carbonyl (C=O) groups excluding carboxylic acids is 1. The third-order valence-electron chi connectivity index (χ3n) is 8.57. The molecule has 1 amide bonds. The van der Waals surface area contributed by atoms with Crippen LogP contribution in [0.25, 0.3) is 16.6 Å². The summed E-state index contributed by atoms with van der Waals surface area (Å²) in [7, 11) is 0. The number of benzene rings is 3. The van der Waals surface area contributed by atoms with Crippen LogP contribution in [0.3, 0.4) is 0 Å². The Morgan fingerprint density at radius 3 is 2.42 bits per heavy atom. The molecule has 1 saturated carbocycles. The smallest absolute Gasteiger partial charge is 0.228 e. The molecule has 204 valence electrons. The Morgan fingerprint density at radius 2 is 1.70 bits per heavy atom. The van der Waals surface area contributed by atoms with Crippen molar-refractivity contribution in [3.63, 3.8) is 0 Å². The van der Waals surface area contributed by atoms with Gasteiger partial charge in [-0.3, -0.25) is 9.20 Å². The maximum atomic E-state index is 13.7. The summed E-state index contributed by atoms with van der Waals surface area (Å²) >= 11 is 0. The van der Waals surface area contributed by atoms with Gasteiger partial charge in [-0.15, -0.1) is 0 Å². The highest BCUT2D eigenvalue weighted by atomic mass is 16.3. The van der Waals surface area contributed by atoms with Crippen molar-refractivity contribution in [2.75, 3.05) is 6.61 Å². The number of carbonyl (C=O) groups is 1. The van der Waals surface area contributed by atoms with Gasteiger partial charge in [-0.05, 0) is 79.5 Å². The fourth-order valence-corrected chi connectivity index (χ4v) is 6.64. The second kappa shape index (κ2) is 11.3. The van der Waals surface area contributed by atoms with E-state index in [2.05, 4.69) is 71.2 Å². The van der Waals surface area contributed by atoms with Gasteiger partial charge >= 0.3 is 0 Å². The Kier molecular flexibility index (Phi) is 7.40. The lowest BCUT2D eigenvalue weighted by atomic mass is 9.83. The minimum atomic E-state index is -0.405. The molecule has 5 heteroatoms. The van der Waals surface area contributed by atoms with E-state index in [1.165, 1.54) is 40.6 Å². The zero-order chi connectivity index (χ0) is 27.6. The van der Waals surface area contributed by atoms with Crippen LogP contribution in [0.2, 0.25) is 0 Å². The van der Waals surface area contributed by atoms with E-state index in [-0.39, 0.29) is 18.4 Å². The molecule has 6 rings (SSSR count). The molecular formula is C35H37N3O2. The Hall–Kier alpha value is -3.96. The quantitative estimate of drug-likeness (QED) is 0.231. The highest BCUT2D eigenvalue weighted by Crippen LogP contribution is 2.38. The number of fused-ring (bicyclic) bond motifs is 3. The minimum Gasteiger partial charge on any atom is -0.394 e. The van der Waals surface area contributed by atoms with Crippen molar-refractivity contribution in [3.8, 4) is 0 Å². The molecule has 1 aliphatic carbocycles. The SMILES string of the molecule is Cc1cc(C)n2c(cc3c(Cc4ccc([C@@H](C(=O)N[C@@H](CO)c5ccccc5)C5CCCC5)cc4)cccc32)n1. The van der Waals surface area contributed by atoms with Gasteiger partial charge in [0, 0.05) is 16.8 Å². The van der Waals surface area contributed by atoms with E-state index in [0.29, 0.717) is 5.92 Å². The van der Waals surface area contributed by atoms with E-state index < -0.39 is 6.04 Å². The molecule has 1 aliphatic rings. The van der Waals surface area contributed by atoms with Crippen molar-refractivity contribution in [3.05, 3.63) is 119 Å². The fourth-order valence-electron chi connectivity index (χ4n) is 6.64. The standard InChI is InChI=1S/C35H37N3O2/c1-23-19-24(2)38-32-14-8-13-29(30(32)21-33(38)36-23)20-25-15-17-28(18-16-25)34(27-11-6-7-12-27)35(40)37-31(22-39)26-9-4-3-5-10-26/h3-5,8-10,13-19,21,27,31,34,39H,6-7,11-12,20,22H2,1-2H3,(H,37,40)/t31-,34-/m0/s1. The number of nitrogens with one attached hydrogen (secondary N) is 1. The van der Waals surface area contributed by atoms with Crippen LogP contribution in [0, 0.1) is 19.8 Å². The van der Waals surface area contributed by atoms with Gasteiger partial charge in [0.2, 0.25) is 5.91 Å². The Bertz CT molecular complexity index is 1630. The van der Waals surface area contributed by atoms with Gasteiger partial charge in [0.15, 0.2) is 0 Å². The number of hydrogen-bond acceptors (Lipinski definition) is 3. The van der Waals surface area contributed by atoms with E-state index in [4.69, 9.17) is 4.98 Å². The molecule has 40 heavy (non-hydrogen) atoms. The van der Waals surface area contributed by atoms with Gasteiger partial charge in [0.25, 0.3) is 0 Å². The van der Waals surface area contributed by atoms with E-state index in [1.54, 1.807) is 0 Å². The Balaban J connectivity index is 1.26. The highest BCUT2D eigenvalue weighted by Gasteiger charge is 2.33. The van der Waals surface area contributed by atoms with Gasteiger partial charge in [0.05, 0.1) is 24.1 Å². The van der Waals surface area contributed by atoms with Crippen molar-refractivity contribution >= 4 is 22.5 Å². The predicted molar refractivity (Wildman–Crippen MR) is 161 cm³/mol. The van der Waals surface area contributed by atoms with Crippen LogP contribution in [-0.2, 0) is 11.2 Å². The topological polar surface area (TPSA) is 66.6 Å². The molecule has 0 saturated heterocycles. The van der Waals surface area contributed by atoms with Gasteiger partial charge in [-0.25, -0.2) is 4.98 Å². The maximum Gasteiger partial charge on any atom is 0.228 e. The first-order valence-electron chi connectivity index (χ1n) is 14.4. The Labute approximate surface area is 235 Å². The first kappa shape index (κ1) is 26.3. The summed E-state index contributed by atoms with van der Waals surface area (Å²) in [5.41, 5.74) is 8.85. The molecule has 0 radical (unpaired) electrons. The fraction of sp³-hybridized carbons (Fsp3) is 0.314. The summed E-state index contributed by atoms with van der Waals surface area (Å²) in [4.78, 5) is 18.5. The normalized spacial score (nSPS) is 15.5. The van der Waals surface area contributed by atoms with Gasteiger partial charge in [-0.1, -0.05) is 79.6 Å². The summed E-state index contributed by atoms with van der Waals surface area (Å²) in [5, 5.41) is 14.4. The first-order valence-corrected chi connectivity index (χ1v) is 14.4. The number of aryl methyl sites for hydroxylation is 2. The largest absolute Gasteiger partial charge is 0.394 e. The zero-order valence-electron chi connectivity index (χ0n) is 23.3.